The average Bonchev–Trinajstić information content (AvgIpc) is 2.99. The van der Waals surface area contributed by atoms with Crippen molar-refractivity contribution in [2.24, 2.45) is 0 Å². The van der Waals surface area contributed by atoms with E-state index in [0.717, 1.165) is 11.0 Å². The zero-order valence-corrected chi connectivity index (χ0v) is 14.2. The number of methoxy groups -OCH3 is 1. The average molecular weight is 333 g/mol. The zero-order valence-electron chi connectivity index (χ0n) is 13.4. The third kappa shape index (κ3) is 4.02. The van der Waals surface area contributed by atoms with Gasteiger partial charge in [-0.1, -0.05) is 6.92 Å². The van der Waals surface area contributed by atoms with Gasteiger partial charge in [-0.2, -0.15) is 8.99 Å². The van der Waals surface area contributed by atoms with Gasteiger partial charge in [-0.3, -0.25) is 0 Å². The Morgan fingerprint density at radius 3 is 2.41 bits per heavy atom. The second-order valence-corrected chi connectivity index (χ2v) is 6.25. The molecule has 0 spiro atoms. The van der Waals surface area contributed by atoms with Crippen molar-refractivity contribution in [3.63, 3.8) is 0 Å². The van der Waals surface area contributed by atoms with E-state index >= 15 is 0 Å². The topological polar surface area (TPSA) is 97.6 Å². The maximum absolute atomic E-state index is 12.4. The van der Waals surface area contributed by atoms with Gasteiger partial charge in [0.05, 0.1) is 6.61 Å². The molecule has 0 aliphatic carbocycles. The lowest BCUT2D eigenvalue weighted by atomic mass is 10.5. The number of nitrogens with zero attached hydrogens (tertiary/aromatic N) is 5. The van der Waals surface area contributed by atoms with Crippen LogP contribution >= 0.6 is 0 Å². The second kappa shape index (κ2) is 8.20. The highest BCUT2D eigenvalue weighted by atomic mass is 32.2. The van der Waals surface area contributed by atoms with Gasteiger partial charge in [-0.05, 0) is 13.8 Å². The first-order valence-electron chi connectivity index (χ1n) is 7.12. The summed E-state index contributed by atoms with van der Waals surface area (Å²) in [6.45, 7) is 7.13. The normalized spacial score (nSPS) is 11.9. The number of hydrogen-bond acceptors (Lipinski definition) is 6. The van der Waals surface area contributed by atoms with E-state index in [-0.39, 0.29) is 24.9 Å². The van der Waals surface area contributed by atoms with Crippen molar-refractivity contribution >= 4 is 16.1 Å². The number of sulfonamides is 1. The predicted octanol–water partition coefficient (Wildman–Crippen LogP) is 0.245. The molecule has 0 aliphatic rings. The maximum atomic E-state index is 12.4. The van der Waals surface area contributed by atoms with Gasteiger partial charge >= 0.3 is 6.03 Å². The number of amides is 1. The van der Waals surface area contributed by atoms with E-state index in [4.69, 9.17) is 4.74 Å². The molecule has 1 aromatic rings. The molecule has 22 heavy (non-hydrogen) atoms. The highest BCUT2D eigenvalue weighted by molar-refractivity contribution is 7.88. The summed E-state index contributed by atoms with van der Waals surface area (Å²) in [6, 6.07) is -0.404. The van der Waals surface area contributed by atoms with Crippen LogP contribution in [0.4, 0.5) is 4.79 Å². The fourth-order valence-corrected chi connectivity index (χ4v) is 3.11. The van der Waals surface area contributed by atoms with Gasteiger partial charge in [-0.25, -0.2) is 18.2 Å². The summed E-state index contributed by atoms with van der Waals surface area (Å²) in [5, 5.41) is 3.44. The number of aromatic nitrogens is 3. The predicted molar refractivity (Wildman–Crippen MR) is 80.0 cm³/mol. The molecule has 0 N–H and O–H groups in total. The summed E-state index contributed by atoms with van der Waals surface area (Å²) in [5.74, 6) is 0. The van der Waals surface area contributed by atoms with Gasteiger partial charge in [0.15, 0.2) is 0 Å². The molecule has 1 heterocycles. The van der Waals surface area contributed by atoms with E-state index in [1.54, 1.807) is 6.92 Å². The highest BCUT2D eigenvalue weighted by Crippen LogP contribution is 2.10. The van der Waals surface area contributed by atoms with Crippen LogP contribution in [-0.4, -0.2) is 78.3 Å². The van der Waals surface area contributed by atoms with Crippen molar-refractivity contribution in [3.8, 4) is 0 Å². The largest absolute Gasteiger partial charge is 0.383 e. The van der Waals surface area contributed by atoms with E-state index in [2.05, 4.69) is 10.1 Å². The molecule has 0 aliphatic heterocycles. The highest BCUT2D eigenvalue weighted by Gasteiger charge is 2.28. The van der Waals surface area contributed by atoms with Crippen LogP contribution in [0, 0.1) is 0 Å². The Labute approximate surface area is 130 Å². The molecule has 0 fully saturated rings. The minimum atomic E-state index is -3.84. The van der Waals surface area contributed by atoms with E-state index < -0.39 is 16.1 Å². The summed E-state index contributed by atoms with van der Waals surface area (Å²) in [7, 11) is -2.34. The smallest absolute Gasteiger partial charge is 0.346 e. The maximum Gasteiger partial charge on any atom is 0.346 e. The van der Waals surface area contributed by atoms with Gasteiger partial charge in [-0.15, -0.1) is 5.10 Å². The number of hydrogen-bond donors (Lipinski definition) is 0. The third-order valence-corrected chi connectivity index (χ3v) is 4.94. The first kappa shape index (κ1) is 18.5. The monoisotopic (exact) mass is 333 g/mol. The second-order valence-electron chi connectivity index (χ2n) is 4.42. The van der Waals surface area contributed by atoms with E-state index in [1.807, 2.05) is 13.8 Å². The molecular formula is C12H23N5O4S. The van der Waals surface area contributed by atoms with Gasteiger partial charge in [0, 0.05) is 33.3 Å². The SMILES string of the molecule is CCN(CC)C(=O)n1cnc(S(=O)(=O)N(CC)CCOC)n1. The standard InChI is InChI=1S/C12H23N5O4S/c1-5-15(6-2)12(18)17-10-13-11(14-17)22(19,20)16(7-3)8-9-21-4/h10H,5-9H2,1-4H3. The van der Waals surface area contributed by atoms with Crippen LogP contribution in [0.25, 0.3) is 0 Å². The fourth-order valence-electron chi connectivity index (χ4n) is 1.85. The number of carbonyl (C=O) groups excluding carboxylic acids is 1. The first-order valence-corrected chi connectivity index (χ1v) is 8.56. The summed E-state index contributed by atoms with van der Waals surface area (Å²) in [5.41, 5.74) is 0. The van der Waals surface area contributed by atoms with Crippen LogP contribution in [0.2, 0.25) is 0 Å². The first-order chi connectivity index (χ1) is 10.4. The Morgan fingerprint density at radius 2 is 1.91 bits per heavy atom. The van der Waals surface area contributed by atoms with Crippen LogP contribution in [0.15, 0.2) is 11.5 Å². The fraction of sp³-hybridized carbons (Fsp3) is 0.750. The molecule has 0 unspecified atom stereocenters. The van der Waals surface area contributed by atoms with Crippen LogP contribution in [0.1, 0.15) is 20.8 Å². The van der Waals surface area contributed by atoms with Crippen molar-refractivity contribution in [1.82, 2.24) is 24.0 Å². The minimum absolute atomic E-state index is 0.202. The van der Waals surface area contributed by atoms with Gasteiger partial charge < -0.3 is 9.64 Å². The molecule has 0 saturated heterocycles. The molecule has 0 bridgehead atoms. The van der Waals surface area contributed by atoms with Crippen molar-refractivity contribution in [1.29, 1.82) is 0 Å². The molecule has 0 saturated carbocycles. The lowest BCUT2D eigenvalue weighted by Gasteiger charge is -2.18. The molecule has 126 valence electrons. The summed E-state index contributed by atoms with van der Waals surface area (Å²) >= 11 is 0. The lowest BCUT2D eigenvalue weighted by Crippen LogP contribution is -2.36. The van der Waals surface area contributed by atoms with Gasteiger partial charge in [0.1, 0.15) is 6.33 Å². The van der Waals surface area contributed by atoms with Crippen LogP contribution < -0.4 is 0 Å². The number of carbonyl (C=O) groups is 1. The molecule has 1 amide bonds. The molecule has 1 rings (SSSR count). The van der Waals surface area contributed by atoms with Crippen LogP contribution in [0.3, 0.4) is 0 Å². The Kier molecular flexibility index (Phi) is 6.91. The number of ether oxygens (including phenoxy) is 1. The van der Waals surface area contributed by atoms with Gasteiger partial charge in [0.25, 0.3) is 15.2 Å². The minimum Gasteiger partial charge on any atom is -0.383 e. The third-order valence-electron chi connectivity index (χ3n) is 3.17. The molecule has 0 atom stereocenters. The number of likely N-dealkylation sites (N-methyl/N-ethyl adjacent to an activating group) is 1. The molecule has 0 aromatic carbocycles. The van der Waals surface area contributed by atoms with Crippen molar-refractivity contribution in [2.75, 3.05) is 39.9 Å². The van der Waals surface area contributed by atoms with Crippen LogP contribution in [0.5, 0.6) is 0 Å². The zero-order chi connectivity index (χ0) is 16.8. The Hall–Kier alpha value is -1.52. The van der Waals surface area contributed by atoms with Crippen LogP contribution in [-0.2, 0) is 14.8 Å². The summed E-state index contributed by atoms with van der Waals surface area (Å²) in [6.07, 6.45) is 1.12. The molecule has 0 radical (unpaired) electrons. The van der Waals surface area contributed by atoms with E-state index in [1.165, 1.54) is 16.3 Å². The quantitative estimate of drug-likeness (QED) is 0.676. The van der Waals surface area contributed by atoms with E-state index in [0.29, 0.717) is 13.1 Å². The van der Waals surface area contributed by atoms with Crippen molar-refractivity contribution in [2.45, 2.75) is 25.9 Å². The molecule has 9 nitrogen and oxygen atoms in total. The Morgan fingerprint density at radius 1 is 1.27 bits per heavy atom. The number of rotatable bonds is 8. The van der Waals surface area contributed by atoms with Crippen molar-refractivity contribution in [3.05, 3.63) is 6.33 Å². The Bertz CT molecular complexity index is 582. The Balaban J connectivity index is 3.00. The van der Waals surface area contributed by atoms with Crippen molar-refractivity contribution < 1.29 is 17.9 Å². The van der Waals surface area contributed by atoms with Gasteiger partial charge in [0.2, 0.25) is 0 Å². The summed E-state index contributed by atoms with van der Waals surface area (Å²) < 4.78 is 31.9. The molecular weight excluding hydrogens is 310 g/mol. The van der Waals surface area contributed by atoms with E-state index in [9.17, 15) is 13.2 Å². The molecule has 10 heteroatoms. The lowest BCUT2D eigenvalue weighted by molar-refractivity contribution is 0.180. The molecule has 1 aromatic heterocycles. The summed E-state index contributed by atoms with van der Waals surface area (Å²) in [4.78, 5) is 17.4.